The molecule has 2 heterocycles. The number of sulfonamides is 1. The van der Waals surface area contributed by atoms with Crippen LogP contribution in [-0.2, 0) is 19.6 Å². The minimum absolute atomic E-state index is 0.145. The van der Waals surface area contributed by atoms with Crippen molar-refractivity contribution < 1.29 is 17.9 Å². The lowest BCUT2D eigenvalue weighted by atomic mass is 10.1. The van der Waals surface area contributed by atoms with Crippen LogP contribution >= 0.6 is 24.0 Å². The zero-order chi connectivity index (χ0) is 33.4. The molecule has 1 amide bonds. The third kappa shape index (κ3) is 11.9. The van der Waals surface area contributed by atoms with Gasteiger partial charge in [-0.1, -0.05) is 37.6 Å². The summed E-state index contributed by atoms with van der Waals surface area (Å²) >= 11 is 5.85. The van der Waals surface area contributed by atoms with Gasteiger partial charge in [0.1, 0.15) is 4.21 Å². The van der Waals surface area contributed by atoms with Crippen molar-refractivity contribution in [2.75, 3.05) is 62.5 Å². The molecule has 2 N–H and O–H groups in total. The quantitative estimate of drug-likeness (QED) is 0.0736. The number of likely N-dealkylation sites (tertiary alicyclic amines) is 1. The first kappa shape index (κ1) is 37.8. The Balaban J connectivity index is 1.64. The van der Waals surface area contributed by atoms with Crippen molar-refractivity contribution in [2.45, 2.75) is 69.9 Å². The number of carbonyl (C=O) groups excluding carboxylic acids is 1. The lowest BCUT2D eigenvalue weighted by Gasteiger charge is -2.28. The Morgan fingerprint density at radius 1 is 1.09 bits per heavy atom. The summed E-state index contributed by atoms with van der Waals surface area (Å²) < 4.78 is 34.1. The fourth-order valence-electron chi connectivity index (χ4n) is 5.15. The molecular formula is C34H51N5O4S3. The molecule has 0 spiro atoms. The molecule has 1 aromatic carbocycles. The molecule has 3 rings (SSSR count). The van der Waals surface area contributed by atoms with Crippen LogP contribution in [0.3, 0.4) is 0 Å². The number of anilines is 2. The number of carbonyl (C=O) groups is 1. The molecule has 0 saturated carbocycles. The number of amides is 1. The fraction of sp³-hybridized carbons (Fsp3) is 0.529. The van der Waals surface area contributed by atoms with Crippen molar-refractivity contribution in [2.24, 2.45) is 4.99 Å². The van der Waals surface area contributed by atoms with Crippen LogP contribution < -0.4 is 10.0 Å². The molecule has 1 aliphatic rings. The predicted octanol–water partition coefficient (Wildman–Crippen LogP) is 6.70. The van der Waals surface area contributed by atoms with Crippen LogP contribution in [-0.4, -0.2) is 82.3 Å². The zero-order valence-electron chi connectivity index (χ0n) is 27.6. The molecule has 0 atom stereocenters. The second-order valence-corrected chi connectivity index (χ2v) is 15.0. The Bertz CT molecular complexity index is 1420. The summed E-state index contributed by atoms with van der Waals surface area (Å²) in [6.07, 6.45) is 12.4. The number of hydrogen-bond donors (Lipinski definition) is 2. The van der Waals surface area contributed by atoms with Crippen LogP contribution in [0.5, 0.6) is 0 Å². The van der Waals surface area contributed by atoms with Gasteiger partial charge in [0.05, 0.1) is 24.5 Å². The number of hydrogen-bond acceptors (Lipinski definition) is 9. The number of allylic oxidation sites excluding steroid dienone is 1. The summed E-state index contributed by atoms with van der Waals surface area (Å²) in [6.45, 7) is 11.2. The number of benzene rings is 1. The highest BCUT2D eigenvalue weighted by Gasteiger charge is 2.27. The van der Waals surface area contributed by atoms with Gasteiger partial charge >= 0.3 is 0 Å². The van der Waals surface area contributed by atoms with Crippen LogP contribution in [0, 0.1) is 0 Å². The van der Waals surface area contributed by atoms with Crippen LogP contribution in [0.4, 0.5) is 11.4 Å². The summed E-state index contributed by atoms with van der Waals surface area (Å²) in [4.78, 5) is 22.5. The first-order valence-corrected chi connectivity index (χ1v) is 19.1. The second kappa shape index (κ2) is 19.9. The van der Waals surface area contributed by atoms with E-state index < -0.39 is 10.0 Å². The van der Waals surface area contributed by atoms with Gasteiger partial charge in [-0.3, -0.25) is 14.1 Å². The molecule has 0 bridgehead atoms. The number of thiophene rings is 1. The van der Waals surface area contributed by atoms with E-state index in [2.05, 4.69) is 29.4 Å². The van der Waals surface area contributed by atoms with Crippen molar-refractivity contribution in [1.82, 2.24) is 9.80 Å². The third-order valence-corrected chi connectivity index (χ3v) is 11.4. The van der Waals surface area contributed by atoms with E-state index in [4.69, 9.17) is 10.5 Å². The average Bonchev–Trinajstić information content (AvgIpc) is 3.62. The minimum atomic E-state index is -3.80. The summed E-state index contributed by atoms with van der Waals surface area (Å²) in [5.41, 5.74) is 8.76. The van der Waals surface area contributed by atoms with Crippen molar-refractivity contribution >= 4 is 63.1 Å². The molecule has 1 aromatic heterocycles. The monoisotopic (exact) mass is 689 g/mol. The van der Waals surface area contributed by atoms with Crippen molar-refractivity contribution in [3.63, 3.8) is 0 Å². The van der Waals surface area contributed by atoms with E-state index in [0.717, 1.165) is 75.4 Å². The van der Waals surface area contributed by atoms with Crippen LogP contribution in [0.25, 0.3) is 6.08 Å². The molecule has 9 nitrogen and oxygen atoms in total. The maximum atomic E-state index is 13.5. The number of piperidine rings is 1. The van der Waals surface area contributed by atoms with Crippen molar-refractivity contribution in [3.8, 4) is 0 Å². The number of rotatable bonds is 19. The third-order valence-electron chi connectivity index (χ3n) is 7.85. The summed E-state index contributed by atoms with van der Waals surface area (Å²) in [5.74, 6) is 0.267. The molecule has 46 heavy (non-hydrogen) atoms. The lowest BCUT2D eigenvalue weighted by Crippen LogP contribution is -2.38. The molecular weight excluding hydrogens is 639 g/mol. The van der Waals surface area contributed by atoms with Gasteiger partial charge in [0.2, 0.25) is 5.91 Å². The number of thiol groups is 1. The highest BCUT2D eigenvalue weighted by Crippen LogP contribution is 2.33. The molecule has 1 aliphatic heterocycles. The maximum Gasteiger partial charge on any atom is 0.273 e. The number of ether oxygens (including phenoxy) is 1. The van der Waals surface area contributed by atoms with Gasteiger partial charge in [-0.25, -0.2) is 8.42 Å². The van der Waals surface area contributed by atoms with Crippen LogP contribution in [0.2, 0.25) is 0 Å². The van der Waals surface area contributed by atoms with Gasteiger partial charge in [-0.15, -0.1) is 24.0 Å². The first-order valence-electron chi connectivity index (χ1n) is 16.3. The van der Waals surface area contributed by atoms with E-state index >= 15 is 0 Å². The van der Waals surface area contributed by atoms with Gasteiger partial charge < -0.3 is 20.3 Å². The van der Waals surface area contributed by atoms with Crippen LogP contribution in [0.1, 0.15) is 71.3 Å². The van der Waals surface area contributed by atoms with E-state index in [1.54, 1.807) is 35.8 Å². The average molecular weight is 690 g/mol. The van der Waals surface area contributed by atoms with Crippen molar-refractivity contribution in [1.29, 1.82) is 0 Å². The number of aliphatic imine (C=N–C) groups is 1. The number of para-hydroxylation sites is 1. The number of unbranched alkanes of at least 4 members (excludes halogenated alkanes) is 1. The fourth-order valence-corrected chi connectivity index (χ4v) is 7.88. The molecule has 2 aromatic rings. The predicted molar refractivity (Wildman–Crippen MR) is 196 cm³/mol. The number of nitrogen functional groups attached to an aromatic ring is 1. The Morgan fingerprint density at radius 3 is 2.54 bits per heavy atom. The highest BCUT2D eigenvalue weighted by atomic mass is 32.2. The van der Waals surface area contributed by atoms with Gasteiger partial charge in [-0.05, 0) is 81.6 Å². The van der Waals surface area contributed by atoms with Crippen molar-refractivity contribution in [3.05, 3.63) is 58.5 Å². The SMILES string of the molecule is CCCCN(CCC(=O)N1CCCCC1)CC/C(S)=C/N=C(C)/C=C/c1cccc(N(CCOCC)S(=O)(=O)c2cccs2)c1N. The second-order valence-electron chi connectivity index (χ2n) is 11.3. The Morgan fingerprint density at radius 2 is 1.85 bits per heavy atom. The Kier molecular flexibility index (Phi) is 16.3. The van der Waals surface area contributed by atoms with E-state index in [0.29, 0.717) is 30.0 Å². The van der Waals surface area contributed by atoms with E-state index in [9.17, 15) is 13.2 Å². The molecule has 0 unspecified atom stereocenters. The largest absolute Gasteiger partial charge is 0.397 e. The molecule has 0 aliphatic carbocycles. The first-order chi connectivity index (χ1) is 22.2. The molecule has 1 saturated heterocycles. The molecule has 254 valence electrons. The number of nitrogens with zero attached hydrogens (tertiary/aromatic N) is 4. The summed E-state index contributed by atoms with van der Waals surface area (Å²) in [7, 11) is -3.80. The standard InChI is InChI=1S/C34H51N5O4S3/c1-4-6-19-37(23-18-32(40)38-20-8-7-9-21-38)22-17-30(44)27-36-28(3)15-16-29-12-10-13-31(34(29)35)39(24-25-43-5-2)46(41,42)33-14-11-26-45-33/h10-16,26-27,44H,4-9,17-25,35H2,1-3H3/b16-15+,30-27-,36-28+. The van der Waals surface area contributed by atoms with Gasteiger partial charge in [0, 0.05) is 56.0 Å². The van der Waals surface area contributed by atoms with Gasteiger partial charge in [0.15, 0.2) is 0 Å². The molecule has 0 radical (unpaired) electrons. The topological polar surface area (TPSA) is 109 Å². The number of nitrogens with two attached hydrogens (primary N) is 1. The van der Waals surface area contributed by atoms with E-state index in [1.807, 2.05) is 37.0 Å². The summed E-state index contributed by atoms with van der Waals surface area (Å²) in [5, 5.41) is 1.74. The minimum Gasteiger partial charge on any atom is -0.397 e. The maximum absolute atomic E-state index is 13.5. The van der Waals surface area contributed by atoms with E-state index in [-0.39, 0.29) is 23.3 Å². The smallest absolute Gasteiger partial charge is 0.273 e. The molecule has 12 heteroatoms. The zero-order valence-corrected chi connectivity index (χ0v) is 30.1. The Labute approximate surface area is 285 Å². The van der Waals surface area contributed by atoms with E-state index in [1.165, 1.54) is 22.1 Å². The Hall–Kier alpha value is -2.64. The van der Waals surface area contributed by atoms with Gasteiger partial charge in [0.25, 0.3) is 10.0 Å². The van der Waals surface area contributed by atoms with Gasteiger partial charge in [-0.2, -0.15) is 0 Å². The summed E-state index contributed by atoms with van der Waals surface area (Å²) in [6, 6.07) is 8.67. The molecule has 1 fully saturated rings. The highest BCUT2D eigenvalue weighted by molar-refractivity contribution is 7.94. The lowest BCUT2D eigenvalue weighted by molar-refractivity contribution is -0.132. The van der Waals surface area contributed by atoms with Crippen LogP contribution in [0.15, 0.2) is 62.1 Å². The normalized spacial score (nSPS) is 14.8.